The molecule has 0 radical (unpaired) electrons. The van der Waals surface area contributed by atoms with Gasteiger partial charge in [-0.15, -0.1) is 11.3 Å². The van der Waals surface area contributed by atoms with E-state index in [9.17, 15) is 15.2 Å². The van der Waals surface area contributed by atoms with Gasteiger partial charge in [0.1, 0.15) is 0 Å². The lowest BCUT2D eigenvalue weighted by molar-refractivity contribution is -0.383. The summed E-state index contributed by atoms with van der Waals surface area (Å²) in [6.07, 6.45) is -0.731. The molecule has 0 saturated heterocycles. The van der Waals surface area contributed by atoms with Crippen molar-refractivity contribution in [3.05, 3.63) is 21.1 Å². The third-order valence-electron chi connectivity index (χ3n) is 2.55. The third kappa shape index (κ3) is 3.18. The number of anilines is 1. The maximum Gasteiger partial charge on any atom is 0.304 e. The van der Waals surface area contributed by atoms with E-state index in [1.54, 1.807) is 11.8 Å². The molecule has 0 unspecified atom stereocenters. The zero-order valence-electron chi connectivity index (χ0n) is 10.7. The maximum absolute atomic E-state index is 11.0. The van der Waals surface area contributed by atoms with E-state index in [0.717, 1.165) is 0 Å². The molecule has 0 fully saturated rings. The summed E-state index contributed by atoms with van der Waals surface area (Å²) >= 11 is 1.20. The van der Waals surface area contributed by atoms with E-state index in [4.69, 9.17) is 5.11 Å². The minimum Gasteiger partial charge on any atom is -0.395 e. The second kappa shape index (κ2) is 6.12. The van der Waals surface area contributed by atoms with E-state index in [2.05, 4.69) is 0 Å². The van der Waals surface area contributed by atoms with E-state index >= 15 is 0 Å². The number of rotatable bonds is 6. The number of nitro groups is 1. The maximum atomic E-state index is 11.0. The van der Waals surface area contributed by atoms with Gasteiger partial charge in [0, 0.05) is 23.5 Å². The highest BCUT2D eigenvalue weighted by molar-refractivity contribution is 7.16. The minimum absolute atomic E-state index is 0.0157. The molecule has 1 aromatic heterocycles. The van der Waals surface area contributed by atoms with Crippen LogP contribution in [0.15, 0.2) is 6.07 Å². The molecule has 6 nitrogen and oxygen atoms in total. The molecule has 2 N–H and O–H groups in total. The average molecular weight is 274 g/mol. The van der Waals surface area contributed by atoms with Crippen LogP contribution in [0.3, 0.4) is 0 Å². The van der Waals surface area contributed by atoms with Crippen molar-refractivity contribution in [1.29, 1.82) is 0 Å². The first kappa shape index (κ1) is 14.9. The SMILES string of the molecule is CC(C)N(CCO)c1sc([C@@H](C)O)cc1[N+](=O)[O-]. The zero-order valence-corrected chi connectivity index (χ0v) is 11.5. The van der Waals surface area contributed by atoms with Crippen molar-refractivity contribution in [3.8, 4) is 0 Å². The van der Waals surface area contributed by atoms with E-state index in [1.807, 2.05) is 13.8 Å². The third-order valence-corrected chi connectivity index (χ3v) is 3.88. The van der Waals surface area contributed by atoms with Crippen LogP contribution >= 0.6 is 11.3 Å². The van der Waals surface area contributed by atoms with Crippen molar-refractivity contribution in [2.75, 3.05) is 18.1 Å². The molecule has 1 heterocycles. The van der Waals surface area contributed by atoms with Gasteiger partial charge in [-0.25, -0.2) is 0 Å². The van der Waals surface area contributed by atoms with Crippen LogP contribution in [0.4, 0.5) is 10.7 Å². The van der Waals surface area contributed by atoms with E-state index in [0.29, 0.717) is 16.4 Å². The van der Waals surface area contributed by atoms with Gasteiger partial charge in [0.15, 0.2) is 5.00 Å². The summed E-state index contributed by atoms with van der Waals surface area (Å²) in [6.45, 7) is 5.64. The summed E-state index contributed by atoms with van der Waals surface area (Å²) < 4.78 is 0. The molecule has 7 heteroatoms. The lowest BCUT2D eigenvalue weighted by Crippen LogP contribution is -2.33. The molecule has 0 aliphatic heterocycles. The first-order valence-corrected chi connectivity index (χ1v) is 6.53. The zero-order chi connectivity index (χ0) is 13.9. The number of hydrogen-bond donors (Lipinski definition) is 2. The predicted molar refractivity (Wildman–Crippen MR) is 71.2 cm³/mol. The quantitative estimate of drug-likeness (QED) is 0.611. The normalized spacial score (nSPS) is 12.8. The fourth-order valence-electron chi connectivity index (χ4n) is 1.63. The highest BCUT2D eigenvalue weighted by Crippen LogP contribution is 2.40. The molecular formula is C11H18N2O4S. The van der Waals surface area contributed by atoms with Gasteiger partial charge < -0.3 is 15.1 Å². The van der Waals surface area contributed by atoms with Crippen LogP contribution in [0, 0.1) is 10.1 Å². The first-order valence-electron chi connectivity index (χ1n) is 5.72. The standard InChI is InChI=1S/C11H18N2O4S/c1-7(2)12(4-5-14)11-9(13(16)17)6-10(18-11)8(3)15/h6-8,14-15H,4-5H2,1-3H3/t8-/m1/s1. The molecule has 1 aromatic rings. The Kier molecular flexibility index (Phi) is 5.06. The summed E-state index contributed by atoms with van der Waals surface area (Å²) in [7, 11) is 0. The Balaban J connectivity index is 3.22. The van der Waals surface area contributed by atoms with Crippen LogP contribution in [0.2, 0.25) is 0 Å². The first-order chi connectivity index (χ1) is 8.38. The summed E-state index contributed by atoms with van der Waals surface area (Å²) in [5.74, 6) is 0. The summed E-state index contributed by atoms with van der Waals surface area (Å²) in [6, 6.07) is 1.44. The van der Waals surface area contributed by atoms with Crippen molar-refractivity contribution in [1.82, 2.24) is 0 Å². The van der Waals surface area contributed by atoms with Crippen LogP contribution in [0.1, 0.15) is 31.8 Å². The molecule has 0 aliphatic carbocycles. The predicted octanol–water partition coefficient (Wildman–Crippen LogP) is 1.92. The Morgan fingerprint density at radius 1 is 1.50 bits per heavy atom. The molecule has 0 aliphatic rings. The number of aliphatic hydroxyl groups excluding tert-OH is 2. The van der Waals surface area contributed by atoms with Crippen molar-refractivity contribution in [2.24, 2.45) is 0 Å². The Labute approximate surface area is 110 Å². The van der Waals surface area contributed by atoms with Gasteiger partial charge in [-0.05, 0) is 20.8 Å². The second-order valence-corrected chi connectivity index (χ2v) is 5.35. The fourth-order valence-corrected chi connectivity index (χ4v) is 2.86. The second-order valence-electron chi connectivity index (χ2n) is 4.28. The van der Waals surface area contributed by atoms with Crippen molar-refractivity contribution in [3.63, 3.8) is 0 Å². The van der Waals surface area contributed by atoms with Crippen LogP contribution in [0.25, 0.3) is 0 Å². The van der Waals surface area contributed by atoms with E-state index in [-0.39, 0.29) is 18.3 Å². The lowest BCUT2D eigenvalue weighted by Gasteiger charge is -2.25. The number of nitrogens with zero attached hydrogens (tertiary/aromatic N) is 2. The molecule has 0 spiro atoms. The Morgan fingerprint density at radius 3 is 2.50 bits per heavy atom. The van der Waals surface area contributed by atoms with Gasteiger partial charge in [0.25, 0.3) is 0 Å². The van der Waals surface area contributed by atoms with Gasteiger partial charge in [-0.2, -0.15) is 0 Å². The van der Waals surface area contributed by atoms with Crippen LogP contribution in [0.5, 0.6) is 0 Å². The smallest absolute Gasteiger partial charge is 0.304 e. The topological polar surface area (TPSA) is 86.8 Å². The summed E-state index contributed by atoms with van der Waals surface area (Å²) in [5.41, 5.74) is -0.0157. The molecule has 0 saturated carbocycles. The Bertz CT molecular complexity index is 417. The molecule has 0 bridgehead atoms. The fraction of sp³-hybridized carbons (Fsp3) is 0.636. The van der Waals surface area contributed by atoms with Gasteiger partial charge in [0.05, 0.1) is 17.6 Å². The molecule has 1 atom stereocenters. The van der Waals surface area contributed by atoms with E-state index < -0.39 is 11.0 Å². The van der Waals surface area contributed by atoms with Crippen molar-refractivity contribution >= 4 is 22.0 Å². The van der Waals surface area contributed by atoms with Gasteiger partial charge in [-0.1, -0.05) is 0 Å². The van der Waals surface area contributed by atoms with E-state index in [1.165, 1.54) is 17.4 Å². The Morgan fingerprint density at radius 2 is 2.11 bits per heavy atom. The molecular weight excluding hydrogens is 256 g/mol. The summed E-state index contributed by atoms with van der Waals surface area (Å²) in [5, 5.41) is 30.1. The summed E-state index contributed by atoms with van der Waals surface area (Å²) in [4.78, 5) is 12.9. The van der Waals surface area contributed by atoms with Crippen molar-refractivity contribution in [2.45, 2.75) is 32.9 Å². The van der Waals surface area contributed by atoms with Crippen molar-refractivity contribution < 1.29 is 15.1 Å². The number of hydrogen-bond acceptors (Lipinski definition) is 6. The lowest BCUT2D eigenvalue weighted by atomic mass is 10.3. The highest BCUT2D eigenvalue weighted by Gasteiger charge is 2.26. The minimum atomic E-state index is -0.731. The molecule has 102 valence electrons. The van der Waals surface area contributed by atoms with Crippen LogP contribution < -0.4 is 4.90 Å². The Hall–Kier alpha value is -1.18. The molecule has 0 aromatic carbocycles. The number of thiophene rings is 1. The van der Waals surface area contributed by atoms with Crippen LogP contribution in [-0.4, -0.2) is 34.3 Å². The molecule has 1 rings (SSSR count). The largest absolute Gasteiger partial charge is 0.395 e. The van der Waals surface area contributed by atoms with Gasteiger partial charge in [-0.3, -0.25) is 10.1 Å². The molecule has 18 heavy (non-hydrogen) atoms. The number of aliphatic hydroxyl groups is 2. The monoisotopic (exact) mass is 274 g/mol. The van der Waals surface area contributed by atoms with Gasteiger partial charge in [0.2, 0.25) is 0 Å². The van der Waals surface area contributed by atoms with Crippen LogP contribution in [-0.2, 0) is 0 Å². The average Bonchev–Trinajstić information content (AvgIpc) is 2.69. The van der Waals surface area contributed by atoms with Gasteiger partial charge >= 0.3 is 5.69 Å². The highest BCUT2D eigenvalue weighted by atomic mass is 32.1. The molecule has 0 amide bonds.